The highest BCUT2D eigenvalue weighted by Gasteiger charge is 2.37. The molecule has 4 rings (SSSR count). The maximum atomic E-state index is 12.8. The Morgan fingerprint density at radius 1 is 0.963 bits per heavy atom. The minimum atomic E-state index is -4.67. The number of aromatic nitrogens is 1. The van der Waals surface area contributed by atoms with E-state index in [1.54, 1.807) is 14.2 Å². The van der Waals surface area contributed by atoms with Crippen molar-refractivity contribution >= 4 is 27.0 Å². The van der Waals surface area contributed by atoms with Crippen LogP contribution in [0.3, 0.4) is 0 Å². The third-order valence-electron chi connectivity index (χ3n) is 4.08. The largest absolute Gasteiger partial charge is 0.493 e. The highest BCUT2D eigenvalue weighted by atomic mass is 32.3. The fourth-order valence-electron chi connectivity index (χ4n) is 3.03. The lowest BCUT2D eigenvalue weighted by Gasteiger charge is -2.09. The van der Waals surface area contributed by atoms with Crippen LogP contribution in [0, 0.1) is 0 Å². The Morgan fingerprint density at radius 3 is 2.19 bits per heavy atom. The van der Waals surface area contributed by atoms with E-state index in [1.807, 2.05) is 53.2 Å². The molecule has 0 bridgehead atoms. The van der Waals surface area contributed by atoms with Crippen LogP contribution in [0.1, 0.15) is 16.1 Å². The van der Waals surface area contributed by atoms with Crippen LogP contribution in [-0.2, 0) is 10.4 Å². The van der Waals surface area contributed by atoms with Crippen molar-refractivity contribution in [2.24, 2.45) is 0 Å². The topological polar surface area (TPSA) is 114 Å². The zero-order valence-corrected chi connectivity index (χ0v) is 15.2. The van der Waals surface area contributed by atoms with Gasteiger partial charge in [0.25, 0.3) is 11.5 Å². The van der Waals surface area contributed by atoms with E-state index < -0.39 is 10.4 Å². The van der Waals surface area contributed by atoms with Crippen molar-refractivity contribution in [2.75, 3.05) is 14.2 Å². The molecule has 140 valence electrons. The Balaban J connectivity index is 0.000000376. The van der Waals surface area contributed by atoms with Crippen molar-refractivity contribution < 1.29 is 36.4 Å². The molecule has 1 aliphatic rings. The van der Waals surface area contributed by atoms with Crippen molar-refractivity contribution in [3.05, 3.63) is 59.9 Å². The molecule has 0 amide bonds. The molecule has 0 saturated heterocycles. The molecule has 0 spiro atoms. The van der Waals surface area contributed by atoms with Crippen LogP contribution >= 0.6 is 0 Å². The van der Waals surface area contributed by atoms with Crippen LogP contribution in [0.4, 0.5) is 0 Å². The molecule has 2 heterocycles. The van der Waals surface area contributed by atoms with Gasteiger partial charge in [0.15, 0.2) is 17.7 Å². The number of methoxy groups -OCH3 is 2. The second kappa shape index (κ2) is 6.95. The smallest absolute Gasteiger partial charge is 0.394 e. The number of rotatable bonds is 2. The standard InChI is InChI=1S/C18H14NO3.H2O4S/c1-21-15-9-11-7-8-19-14-6-4-3-5-12(14)18(20)17(19)13(11)10-16(15)22-2;1-5(2,3)4/h3-10H,1-2H3;(H2,1,2,3,4)/q+1;. The van der Waals surface area contributed by atoms with E-state index in [0.717, 1.165) is 22.0 Å². The van der Waals surface area contributed by atoms with Gasteiger partial charge in [0, 0.05) is 12.1 Å². The van der Waals surface area contributed by atoms with Gasteiger partial charge in [-0.25, -0.2) is 0 Å². The first-order chi connectivity index (χ1) is 12.7. The van der Waals surface area contributed by atoms with Crippen LogP contribution in [0.2, 0.25) is 0 Å². The van der Waals surface area contributed by atoms with Gasteiger partial charge in [-0.1, -0.05) is 12.1 Å². The maximum Gasteiger partial charge on any atom is 0.394 e. The summed E-state index contributed by atoms with van der Waals surface area (Å²) in [6.45, 7) is 0. The zero-order chi connectivity index (χ0) is 19.8. The van der Waals surface area contributed by atoms with Crippen molar-refractivity contribution in [1.82, 2.24) is 0 Å². The van der Waals surface area contributed by atoms with Gasteiger partial charge in [-0.2, -0.15) is 13.0 Å². The van der Waals surface area contributed by atoms with Gasteiger partial charge in [0.2, 0.25) is 5.69 Å². The van der Waals surface area contributed by atoms with E-state index in [4.69, 9.17) is 27.0 Å². The van der Waals surface area contributed by atoms with Gasteiger partial charge >= 0.3 is 10.4 Å². The van der Waals surface area contributed by atoms with E-state index >= 15 is 0 Å². The predicted molar refractivity (Wildman–Crippen MR) is 96.2 cm³/mol. The lowest BCUT2D eigenvalue weighted by atomic mass is 10.0. The average Bonchev–Trinajstić information content (AvgIpc) is 2.92. The predicted octanol–water partition coefficient (Wildman–Crippen LogP) is 2.03. The molecule has 0 fully saturated rings. The monoisotopic (exact) mass is 390 g/mol. The summed E-state index contributed by atoms with van der Waals surface area (Å²) >= 11 is 0. The second-order valence-corrected chi connectivity index (χ2v) is 6.52. The number of ether oxygens (including phenoxy) is 2. The lowest BCUT2D eigenvalue weighted by Crippen LogP contribution is -2.31. The maximum absolute atomic E-state index is 12.8. The summed E-state index contributed by atoms with van der Waals surface area (Å²) in [4.78, 5) is 12.8. The number of para-hydroxylation sites is 1. The van der Waals surface area contributed by atoms with Gasteiger partial charge in [-0.15, -0.1) is 0 Å². The highest BCUT2D eigenvalue weighted by Crippen LogP contribution is 2.35. The van der Waals surface area contributed by atoms with E-state index in [-0.39, 0.29) is 5.78 Å². The van der Waals surface area contributed by atoms with E-state index in [1.165, 1.54) is 0 Å². The molecule has 27 heavy (non-hydrogen) atoms. The summed E-state index contributed by atoms with van der Waals surface area (Å²) in [5.74, 6) is 1.31. The number of hydrogen-bond donors (Lipinski definition) is 2. The first kappa shape index (κ1) is 18.8. The van der Waals surface area contributed by atoms with Gasteiger partial charge in [0.05, 0.1) is 19.6 Å². The molecule has 0 atom stereocenters. The second-order valence-electron chi connectivity index (χ2n) is 5.62. The highest BCUT2D eigenvalue weighted by molar-refractivity contribution is 7.79. The number of nitrogens with zero attached hydrogens (tertiary/aromatic N) is 1. The molecule has 2 N–H and O–H groups in total. The zero-order valence-electron chi connectivity index (χ0n) is 14.4. The molecular weight excluding hydrogens is 374 g/mol. The fourth-order valence-corrected chi connectivity index (χ4v) is 3.03. The Kier molecular flexibility index (Phi) is 4.83. The summed E-state index contributed by atoms with van der Waals surface area (Å²) < 4.78 is 44.2. The molecule has 0 saturated carbocycles. The molecule has 3 aromatic rings. The van der Waals surface area contributed by atoms with Gasteiger partial charge in [0.1, 0.15) is 5.56 Å². The van der Waals surface area contributed by atoms with Gasteiger partial charge in [-0.3, -0.25) is 13.9 Å². The van der Waals surface area contributed by atoms with Crippen LogP contribution in [0.5, 0.6) is 11.5 Å². The Bertz CT molecular complexity index is 1150. The molecule has 0 unspecified atom stereocenters. The van der Waals surface area contributed by atoms with Crippen molar-refractivity contribution in [1.29, 1.82) is 0 Å². The van der Waals surface area contributed by atoms with Crippen LogP contribution in [0.15, 0.2) is 48.7 Å². The third kappa shape index (κ3) is 3.61. The number of benzene rings is 2. The minimum Gasteiger partial charge on any atom is -0.493 e. The summed E-state index contributed by atoms with van der Waals surface area (Å²) in [6.07, 6.45) is 1.92. The Hall–Kier alpha value is -3.01. The van der Waals surface area contributed by atoms with Crippen molar-refractivity contribution in [3.8, 4) is 17.2 Å². The number of carbonyl (C=O) groups excluding carboxylic acids is 1. The van der Waals surface area contributed by atoms with Crippen LogP contribution < -0.4 is 14.0 Å². The van der Waals surface area contributed by atoms with Gasteiger partial charge < -0.3 is 9.47 Å². The molecule has 1 aliphatic heterocycles. The average molecular weight is 390 g/mol. The summed E-state index contributed by atoms with van der Waals surface area (Å²) in [6, 6.07) is 13.4. The number of pyridine rings is 1. The normalized spacial score (nSPS) is 12.1. The Morgan fingerprint density at radius 2 is 1.56 bits per heavy atom. The molecule has 2 aromatic carbocycles. The van der Waals surface area contributed by atoms with Crippen LogP contribution in [0.25, 0.3) is 16.5 Å². The SMILES string of the molecule is COc1cc2cc[n+]3c(c2cc1OC)C(=O)c1ccccc1-3.O=S(=O)(O)O. The summed E-state index contributed by atoms with van der Waals surface area (Å²) in [5, 5.41) is 1.81. The van der Waals surface area contributed by atoms with Crippen LogP contribution in [-0.4, -0.2) is 37.5 Å². The van der Waals surface area contributed by atoms with E-state index in [0.29, 0.717) is 17.2 Å². The molecule has 8 nitrogen and oxygen atoms in total. The molecule has 9 heteroatoms. The molecular formula is C18H16NO7S+. The quantitative estimate of drug-likeness (QED) is 0.398. The fraction of sp³-hybridized carbons (Fsp3) is 0.111. The molecule has 1 aromatic heterocycles. The van der Waals surface area contributed by atoms with Gasteiger partial charge in [-0.05, 0) is 23.6 Å². The summed E-state index contributed by atoms with van der Waals surface area (Å²) in [5.41, 5.74) is 2.31. The lowest BCUT2D eigenvalue weighted by molar-refractivity contribution is -0.592. The summed E-state index contributed by atoms with van der Waals surface area (Å²) in [7, 11) is -1.47. The first-order valence-electron chi connectivity index (χ1n) is 7.69. The van der Waals surface area contributed by atoms with E-state index in [9.17, 15) is 4.79 Å². The number of carbonyl (C=O) groups is 1. The van der Waals surface area contributed by atoms with Crippen molar-refractivity contribution in [3.63, 3.8) is 0 Å². The molecule has 0 aliphatic carbocycles. The number of ketones is 1. The molecule has 0 radical (unpaired) electrons. The minimum absolute atomic E-state index is 0.0356. The third-order valence-corrected chi connectivity index (χ3v) is 4.08. The Labute approximate surface area is 155 Å². The first-order valence-corrected chi connectivity index (χ1v) is 9.08. The van der Waals surface area contributed by atoms with Crippen molar-refractivity contribution in [2.45, 2.75) is 0 Å². The number of fused-ring (bicyclic) bond motifs is 5. The number of hydrogen-bond acceptors (Lipinski definition) is 5. The van der Waals surface area contributed by atoms with E-state index in [2.05, 4.69) is 0 Å².